The summed E-state index contributed by atoms with van der Waals surface area (Å²) >= 11 is 0. The molecule has 2 rings (SSSR count). The monoisotopic (exact) mass is 203 g/mol. The first-order valence-electron chi connectivity index (χ1n) is 6.07. The highest BCUT2D eigenvalue weighted by Gasteiger charge is 2.32. The maximum absolute atomic E-state index is 3.38. The van der Waals surface area contributed by atoms with Crippen LogP contribution in [0.15, 0.2) is 30.3 Å². The van der Waals surface area contributed by atoms with Gasteiger partial charge in [0.2, 0.25) is 0 Å². The van der Waals surface area contributed by atoms with E-state index in [0.29, 0.717) is 5.41 Å². The van der Waals surface area contributed by atoms with Crippen LogP contribution in [0.2, 0.25) is 0 Å². The molecule has 0 heterocycles. The molecule has 1 aromatic rings. The zero-order valence-corrected chi connectivity index (χ0v) is 9.63. The van der Waals surface area contributed by atoms with Gasteiger partial charge < -0.3 is 5.32 Å². The van der Waals surface area contributed by atoms with Crippen molar-refractivity contribution in [1.82, 2.24) is 5.32 Å². The van der Waals surface area contributed by atoms with E-state index in [1.165, 1.54) is 37.7 Å². The van der Waals surface area contributed by atoms with Crippen LogP contribution in [-0.4, -0.2) is 13.6 Å². The predicted octanol–water partition coefficient (Wildman–Crippen LogP) is 3.11. The van der Waals surface area contributed by atoms with E-state index >= 15 is 0 Å². The maximum atomic E-state index is 3.38. The number of likely N-dealkylation sites (N-methyl/N-ethyl adjacent to an activating group) is 1. The van der Waals surface area contributed by atoms with E-state index in [-0.39, 0.29) is 0 Å². The highest BCUT2D eigenvalue weighted by Crippen LogP contribution is 2.38. The highest BCUT2D eigenvalue weighted by atomic mass is 14.8. The molecule has 0 aliphatic heterocycles. The molecular formula is C14H21N. The first kappa shape index (κ1) is 10.7. The third-order valence-corrected chi connectivity index (χ3v) is 3.71. The Morgan fingerprint density at radius 3 is 2.33 bits per heavy atom. The molecule has 15 heavy (non-hydrogen) atoms. The van der Waals surface area contributed by atoms with Crippen molar-refractivity contribution in [2.45, 2.75) is 37.5 Å². The molecule has 82 valence electrons. The van der Waals surface area contributed by atoms with Crippen molar-refractivity contribution in [1.29, 1.82) is 0 Å². The van der Waals surface area contributed by atoms with Gasteiger partial charge in [-0.3, -0.25) is 0 Å². The molecular weight excluding hydrogens is 182 g/mol. The normalized spacial score (nSPS) is 20.1. The van der Waals surface area contributed by atoms with Gasteiger partial charge in [0.15, 0.2) is 0 Å². The van der Waals surface area contributed by atoms with Gasteiger partial charge in [-0.25, -0.2) is 0 Å². The number of hydrogen-bond donors (Lipinski definition) is 1. The average molecular weight is 203 g/mol. The lowest BCUT2D eigenvalue weighted by Crippen LogP contribution is -2.38. The van der Waals surface area contributed by atoms with Crippen molar-refractivity contribution in [2.24, 2.45) is 0 Å². The zero-order valence-electron chi connectivity index (χ0n) is 9.63. The quantitative estimate of drug-likeness (QED) is 0.796. The van der Waals surface area contributed by atoms with Crippen LogP contribution < -0.4 is 5.32 Å². The fraction of sp³-hybridized carbons (Fsp3) is 0.571. The Morgan fingerprint density at radius 1 is 1.07 bits per heavy atom. The van der Waals surface area contributed by atoms with Crippen LogP contribution in [0, 0.1) is 0 Å². The SMILES string of the molecule is CNCC1(c2ccccc2)CCCCC1. The van der Waals surface area contributed by atoms with Crippen molar-refractivity contribution in [2.75, 3.05) is 13.6 Å². The third kappa shape index (κ3) is 2.23. The van der Waals surface area contributed by atoms with E-state index in [4.69, 9.17) is 0 Å². The second kappa shape index (κ2) is 4.80. The number of rotatable bonds is 3. The van der Waals surface area contributed by atoms with Gasteiger partial charge in [-0.05, 0) is 25.5 Å². The van der Waals surface area contributed by atoms with Crippen LogP contribution >= 0.6 is 0 Å². The Morgan fingerprint density at radius 2 is 1.73 bits per heavy atom. The lowest BCUT2D eigenvalue weighted by atomic mass is 9.69. The fourth-order valence-electron chi connectivity index (χ4n) is 2.93. The lowest BCUT2D eigenvalue weighted by Gasteiger charge is -2.38. The summed E-state index contributed by atoms with van der Waals surface area (Å²) in [6.45, 7) is 1.12. The van der Waals surface area contributed by atoms with Gasteiger partial charge in [0.25, 0.3) is 0 Å². The van der Waals surface area contributed by atoms with Crippen molar-refractivity contribution in [3.05, 3.63) is 35.9 Å². The second-order valence-electron chi connectivity index (χ2n) is 4.74. The Balaban J connectivity index is 2.25. The van der Waals surface area contributed by atoms with Gasteiger partial charge in [0.05, 0.1) is 0 Å². The van der Waals surface area contributed by atoms with E-state index in [2.05, 4.69) is 42.7 Å². The number of nitrogens with one attached hydrogen (secondary N) is 1. The van der Waals surface area contributed by atoms with Gasteiger partial charge in [-0.15, -0.1) is 0 Å². The number of hydrogen-bond acceptors (Lipinski definition) is 1. The zero-order chi connectivity index (χ0) is 10.6. The Kier molecular flexibility index (Phi) is 3.42. The smallest absolute Gasteiger partial charge is 0.00776 e. The van der Waals surface area contributed by atoms with Crippen LogP contribution in [-0.2, 0) is 5.41 Å². The minimum absolute atomic E-state index is 0.411. The topological polar surface area (TPSA) is 12.0 Å². The molecule has 0 bridgehead atoms. The van der Waals surface area contributed by atoms with Crippen LogP contribution in [0.4, 0.5) is 0 Å². The standard InChI is InChI=1S/C14H21N/c1-15-12-14(10-6-3-7-11-14)13-8-4-2-5-9-13/h2,4-5,8-9,15H,3,6-7,10-12H2,1H3. The molecule has 1 N–H and O–H groups in total. The van der Waals surface area contributed by atoms with Gasteiger partial charge >= 0.3 is 0 Å². The minimum Gasteiger partial charge on any atom is -0.319 e. The molecule has 0 saturated heterocycles. The molecule has 0 aromatic heterocycles. The fourth-order valence-corrected chi connectivity index (χ4v) is 2.93. The molecule has 0 radical (unpaired) electrons. The summed E-state index contributed by atoms with van der Waals surface area (Å²) in [5, 5.41) is 3.38. The van der Waals surface area contributed by atoms with Crippen LogP contribution in [0.5, 0.6) is 0 Å². The Labute approximate surface area is 92.9 Å². The van der Waals surface area contributed by atoms with Crippen LogP contribution in [0.3, 0.4) is 0 Å². The van der Waals surface area contributed by atoms with Gasteiger partial charge in [0, 0.05) is 12.0 Å². The molecule has 1 aromatic carbocycles. The minimum atomic E-state index is 0.411. The van der Waals surface area contributed by atoms with Crippen molar-refractivity contribution >= 4 is 0 Å². The van der Waals surface area contributed by atoms with E-state index < -0.39 is 0 Å². The first-order valence-corrected chi connectivity index (χ1v) is 6.07. The van der Waals surface area contributed by atoms with Crippen molar-refractivity contribution in [3.63, 3.8) is 0 Å². The molecule has 1 saturated carbocycles. The summed E-state index contributed by atoms with van der Waals surface area (Å²) in [6, 6.07) is 11.0. The van der Waals surface area contributed by atoms with Crippen LogP contribution in [0.25, 0.3) is 0 Å². The summed E-state index contributed by atoms with van der Waals surface area (Å²) in [5.74, 6) is 0. The molecule has 0 spiro atoms. The van der Waals surface area contributed by atoms with E-state index in [1.54, 1.807) is 0 Å². The largest absolute Gasteiger partial charge is 0.319 e. The van der Waals surface area contributed by atoms with E-state index in [0.717, 1.165) is 6.54 Å². The summed E-state index contributed by atoms with van der Waals surface area (Å²) in [7, 11) is 2.07. The average Bonchev–Trinajstić information content (AvgIpc) is 2.32. The molecule has 0 amide bonds. The van der Waals surface area contributed by atoms with Gasteiger partial charge in [-0.1, -0.05) is 49.6 Å². The van der Waals surface area contributed by atoms with Crippen molar-refractivity contribution < 1.29 is 0 Å². The summed E-state index contributed by atoms with van der Waals surface area (Å²) in [5.41, 5.74) is 1.94. The molecule has 1 nitrogen and oxygen atoms in total. The molecule has 1 aliphatic carbocycles. The Hall–Kier alpha value is -0.820. The highest BCUT2D eigenvalue weighted by molar-refractivity contribution is 5.26. The van der Waals surface area contributed by atoms with Crippen LogP contribution in [0.1, 0.15) is 37.7 Å². The first-order chi connectivity index (χ1) is 7.37. The summed E-state index contributed by atoms with van der Waals surface area (Å²) in [4.78, 5) is 0. The third-order valence-electron chi connectivity index (χ3n) is 3.71. The predicted molar refractivity (Wildman–Crippen MR) is 65.1 cm³/mol. The van der Waals surface area contributed by atoms with E-state index in [1.807, 2.05) is 0 Å². The number of benzene rings is 1. The molecule has 0 atom stereocenters. The Bertz CT molecular complexity index is 280. The molecule has 1 fully saturated rings. The lowest BCUT2D eigenvalue weighted by molar-refractivity contribution is 0.286. The second-order valence-corrected chi connectivity index (χ2v) is 4.74. The molecule has 0 unspecified atom stereocenters. The van der Waals surface area contributed by atoms with E-state index in [9.17, 15) is 0 Å². The summed E-state index contributed by atoms with van der Waals surface area (Å²) in [6.07, 6.45) is 6.88. The van der Waals surface area contributed by atoms with Gasteiger partial charge in [0.1, 0.15) is 0 Å². The van der Waals surface area contributed by atoms with Gasteiger partial charge in [-0.2, -0.15) is 0 Å². The molecule has 1 aliphatic rings. The summed E-state index contributed by atoms with van der Waals surface area (Å²) < 4.78 is 0. The maximum Gasteiger partial charge on any atom is 0.00776 e. The molecule has 1 heteroatoms. The van der Waals surface area contributed by atoms with Crippen molar-refractivity contribution in [3.8, 4) is 0 Å².